The third-order valence-electron chi connectivity index (χ3n) is 2.55. The summed E-state index contributed by atoms with van der Waals surface area (Å²) < 4.78 is 0. The van der Waals surface area contributed by atoms with Crippen molar-refractivity contribution in [3.8, 4) is 6.07 Å². The van der Waals surface area contributed by atoms with Gasteiger partial charge in [-0.3, -0.25) is 0 Å². The molecule has 80 valence electrons. The van der Waals surface area contributed by atoms with Crippen LogP contribution in [-0.2, 0) is 5.60 Å². The van der Waals surface area contributed by atoms with Crippen LogP contribution in [0, 0.1) is 11.3 Å². The smallest absolute Gasteiger partial charge is 0.121 e. The van der Waals surface area contributed by atoms with E-state index in [2.05, 4.69) is 6.07 Å². The summed E-state index contributed by atoms with van der Waals surface area (Å²) >= 11 is 1.51. The molecule has 0 saturated heterocycles. The standard InChI is InChI=1S/C13H11NOS/c1-13(15,12-6-3-7-16-12)11-5-2-4-10(8-11)9-14/h2-8,15H,1H3. The van der Waals surface area contributed by atoms with E-state index in [0.29, 0.717) is 5.56 Å². The number of nitriles is 1. The minimum Gasteiger partial charge on any atom is -0.380 e. The van der Waals surface area contributed by atoms with E-state index in [1.165, 1.54) is 11.3 Å². The number of aliphatic hydroxyl groups is 1. The van der Waals surface area contributed by atoms with E-state index in [4.69, 9.17) is 5.26 Å². The quantitative estimate of drug-likeness (QED) is 0.860. The SMILES string of the molecule is CC(O)(c1cccc(C#N)c1)c1cccs1. The van der Waals surface area contributed by atoms with Gasteiger partial charge in [0.15, 0.2) is 0 Å². The fraction of sp³-hybridized carbons (Fsp3) is 0.154. The molecule has 1 aromatic carbocycles. The molecule has 2 rings (SSSR count). The summed E-state index contributed by atoms with van der Waals surface area (Å²) in [5, 5.41) is 21.2. The molecule has 1 unspecified atom stereocenters. The molecule has 0 aliphatic rings. The van der Waals surface area contributed by atoms with Gasteiger partial charge >= 0.3 is 0 Å². The number of hydrogen-bond donors (Lipinski definition) is 1. The Hall–Kier alpha value is -1.63. The number of rotatable bonds is 2. The van der Waals surface area contributed by atoms with Gasteiger partial charge in [-0.05, 0) is 36.1 Å². The van der Waals surface area contributed by atoms with Gasteiger partial charge in [0.25, 0.3) is 0 Å². The lowest BCUT2D eigenvalue weighted by atomic mass is 9.93. The van der Waals surface area contributed by atoms with E-state index in [-0.39, 0.29) is 0 Å². The van der Waals surface area contributed by atoms with E-state index in [1.54, 1.807) is 25.1 Å². The highest BCUT2D eigenvalue weighted by Gasteiger charge is 2.26. The fourth-order valence-electron chi connectivity index (χ4n) is 1.59. The largest absolute Gasteiger partial charge is 0.380 e. The van der Waals surface area contributed by atoms with E-state index < -0.39 is 5.60 Å². The topological polar surface area (TPSA) is 44.0 Å². The van der Waals surface area contributed by atoms with Crippen molar-refractivity contribution in [3.63, 3.8) is 0 Å². The zero-order chi connectivity index (χ0) is 11.6. The normalized spacial score (nSPS) is 14.1. The van der Waals surface area contributed by atoms with E-state index >= 15 is 0 Å². The van der Waals surface area contributed by atoms with Gasteiger partial charge in [-0.15, -0.1) is 11.3 Å². The summed E-state index contributed by atoms with van der Waals surface area (Å²) in [5.74, 6) is 0. The zero-order valence-corrected chi connectivity index (χ0v) is 9.66. The lowest BCUT2D eigenvalue weighted by molar-refractivity contribution is 0.106. The van der Waals surface area contributed by atoms with Gasteiger partial charge in [0.05, 0.1) is 11.6 Å². The molecular formula is C13H11NOS. The second-order valence-corrected chi connectivity index (χ2v) is 4.69. The minimum atomic E-state index is -1.03. The molecular weight excluding hydrogens is 218 g/mol. The number of thiophene rings is 1. The Morgan fingerprint density at radius 1 is 1.31 bits per heavy atom. The van der Waals surface area contributed by atoms with Crippen molar-refractivity contribution >= 4 is 11.3 Å². The predicted molar refractivity (Wildman–Crippen MR) is 64.1 cm³/mol. The fourth-order valence-corrected chi connectivity index (χ4v) is 2.40. The molecule has 0 radical (unpaired) electrons. The molecule has 0 amide bonds. The predicted octanol–water partition coefficient (Wildman–Crippen LogP) is 2.88. The second-order valence-electron chi connectivity index (χ2n) is 3.74. The highest BCUT2D eigenvalue weighted by molar-refractivity contribution is 7.10. The van der Waals surface area contributed by atoms with Crippen LogP contribution in [0.5, 0.6) is 0 Å². The Bertz CT molecular complexity index is 523. The molecule has 0 aliphatic heterocycles. The van der Waals surface area contributed by atoms with Gasteiger partial charge in [-0.25, -0.2) is 0 Å². The number of hydrogen-bond acceptors (Lipinski definition) is 3. The molecule has 0 saturated carbocycles. The van der Waals surface area contributed by atoms with Crippen LogP contribution in [0.15, 0.2) is 41.8 Å². The Balaban J connectivity index is 2.48. The van der Waals surface area contributed by atoms with Crippen LogP contribution in [0.3, 0.4) is 0 Å². The van der Waals surface area contributed by atoms with Crippen molar-refractivity contribution in [1.29, 1.82) is 5.26 Å². The maximum Gasteiger partial charge on any atom is 0.121 e. The minimum absolute atomic E-state index is 0.564. The van der Waals surface area contributed by atoms with Crippen LogP contribution in [0.2, 0.25) is 0 Å². The van der Waals surface area contributed by atoms with E-state index in [1.807, 2.05) is 23.6 Å². The van der Waals surface area contributed by atoms with Gasteiger partial charge in [0, 0.05) is 4.88 Å². The lowest BCUT2D eigenvalue weighted by Gasteiger charge is -2.22. The van der Waals surface area contributed by atoms with Crippen LogP contribution in [0.25, 0.3) is 0 Å². The van der Waals surface area contributed by atoms with Crippen molar-refractivity contribution < 1.29 is 5.11 Å². The maximum atomic E-state index is 10.5. The van der Waals surface area contributed by atoms with Crippen molar-refractivity contribution in [3.05, 3.63) is 57.8 Å². The first-order valence-corrected chi connectivity index (χ1v) is 5.79. The van der Waals surface area contributed by atoms with Crippen LogP contribution in [-0.4, -0.2) is 5.11 Å². The summed E-state index contributed by atoms with van der Waals surface area (Å²) in [6, 6.07) is 12.9. The first-order chi connectivity index (χ1) is 7.64. The van der Waals surface area contributed by atoms with Crippen LogP contribution < -0.4 is 0 Å². The third kappa shape index (κ3) is 1.85. The number of benzene rings is 1. The first kappa shape index (κ1) is 10.9. The van der Waals surface area contributed by atoms with Crippen LogP contribution >= 0.6 is 11.3 Å². The maximum absolute atomic E-state index is 10.5. The molecule has 1 atom stereocenters. The molecule has 0 fully saturated rings. The number of nitrogens with zero attached hydrogens (tertiary/aromatic N) is 1. The molecule has 0 bridgehead atoms. The van der Waals surface area contributed by atoms with Crippen molar-refractivity contribution in [1.82, 2.24) is 0 Å². The van der Waals surface area contributed by atoms with Crippen molar-refractivity contribution in [2.45, 2.75) is 12.5 Å². The van der Waals surface area contributed by atoms with Crippen molar-refractivity contribution in [2.24, 2.45) is 0 Å². The van der Waals surface area contributed by atoms with E-state index in [0.717, 1.165) is 10.4 Å². The molecule has 0 aliphatic carbocycles. The molecule has 1 heterocycles. The Kier molecular flexibility index (Phi) is 2.78. The average molecular weight is 229 g/mol. The van der Waals surface area contributed by atoms with Gasteiger partial charge in [-0.2, -0.15) is 5.26 Å². The molecule has 0 spiro atoms. The third-order valence-corrected chi connectivity index (χ3v) is 3.64. The summed E-state index contributed by atoms with van der Waals surface area (Å²) in [4.78, 5) is 0.877. The van der Waals surface area contributed by atoms with Gasteiger partial charge in [0.1, 0.15) is 5.60 Å². The summed E-state index contributed by atoms with van der Waals surface area (Å²) in [7, 11) is 0. The highest BCUT2D eigenvalue weighted by Crippen LogP contribution is 2.32. The molecule has 2 nitrogen and oxygen atoms in total. The molecule has 3 heteroatoms. The Morgan fingerprint density at radius 2 is 2.12 bits per heavy atom. The molecule has 1 N–H and O–H groups in total. The summed E-state index contributed by atoms with van der Waals surface area (Å²) in [5.41, 5.74) is 0.282. The zero-order valence-electron chi connectivity index (χ0n) is 8.84. The molecule has 16 heavy (non-hydrogen) atoms. The van der Waals surface area contributed by atoms with Crippen LogP contribution in [0.1, 0.15) is 22.9 Å². The van der Waals surface area contributed by atoms with Crippen LogP contribution in [0.4, 0.5) is 0 Å². The average Bonchev–Trinajstić information content (AvgIpc) is 2.83. The molecule has 2 aromatic rings. The van der Waals surface area contributed by atoms with Gasteiger partial charge < -0.3 is 5.11 Å². The monoisotopic (exact) mass is 229 g/mol. The Labute approximate surface area is 98.4 Å². The first-order valence-electron chi connectivity index (χ1n) is 4.91. The second kappa shape index (κ2) is 4.09. The van der Waals surface area contributed by atoms with Crippen molar-refractivity contribution in [2.75, 3.05) is 0 Å². The van der Waals surface area contributed by atoms with Gasteiger partial charge in [-0.1, -0.05) is 18.2 Å². The summed E-state index contributed by atoms with van der Waals surface area (Å²) in [6.45, 7) is 1.75. The Morgan fingerprint density at radius 3 is 2.75 bits per heavy atom. The lowest BCUT2D eigenvalue weighted by Crippen LogP contribution is -2.21. The summed E-state index contributed by atoms with van der Waals surface area (Å²) in [6.07, 6.45) is 0. The molecule has 1 aromatic heterocycles. The highest BCUT2D eigenvalue weighted by atomic mass is 32.1. The van der Waals surface area contributed by atoms with Gasteiger partial charge in [0.2, 0.25) is 0 Å². The van der Waals surface area contributed by atoms with E-state index in [9.17, 15) is 5.11 Å².